The zero-order chi connectivity index (χ0) is 18.9. The molecule has 4 nitrogen and oxygen atoms in total. The van der Waals surface area contributed by atoms with Gasteiger partial charge < -0.3 is 9.32 Å². The van der Waals surface area contributed by atoms with Crippen molar-refractivity contribution in [2.45, 2.75) is 32.9 Å². The normalized spacial score (nSPS) is 16.9. The van der Waals surface area contributed by atoms with E-state index in [1.807, 2.05) is 26.0 Å². The summed E-state index contributed by atoms with van der Waals surface area (Å²) in [4.78, 5) is 15.7. The van der Waals surface area contributed by atoms with Crippen molar-refractivity contribution in [3.63, 3.8) is 0 Å². The third kappa shape index (κ3) is 4.20. The Morgan fingerprint density at radius 2 is 1.92 bits per heavy atom. The topological polar surface area (TPSA) is 36.7 Å². The van der Waals surface area contributed by atoms with Gasteiger partial charge in [0.1, 0.15) is 5.58 Å². The Hall–Kier alpha value is -2.02. The van der Waals surface area contributed by atoms with E-state index in [4.69, 9.17) is 4.42 Å². The predicted octanol–water partition coefficient (Wildman–Crippen LogP) is 3.69. The number of benzene rings is 1. The van der Waals surface area contributed by atoms with E-state index in [9.17, 15) is 18.0 Å². The van der Waals surface area contributed by atoms with Gasteiger partial charge in [-0.2, -0.15) is 13.2 Å². The van der Waals surface area contributed by atoms with E-state index in [1.54, 1.807) is 11.2 Å². The van der Waals surface area contributed by atoms with Crippen LogP contribution < -0.4 is 0 Å². The van der Waals surface area contributed by atoms with E-state index < -0.39 is 12.7 Å². The average Bonchev–Trinajstić information content (AvgIpc) is 2.81. The summed E-state index contributed by atoms with van der Waals surface area (Å²) in [6.07, 6.45) is -1.84. The number of aryl methyl sites for hydroxylation is 2. The molecule has 2 heterocycles. The lowest BCUT2D eigenvalue weighted by atomic mass is 10.0. The molecule has 1 aliphatic rings. The van der Waals surface area contributed by atoms with Crippen LogP contribution in [0.25, 0.3) is 11.0 Å². The van der Waals surface area contributed by atoms with Crippen LogP contribution in [0.3, 0.4) is 0 Å². The second-order valence-electron chi connectivity index (χ2n) is 6.95. The number of carbonyl (C=O) groups excluding carboxylic acids is 1. The number of nitrogens with zero attached hydrogens (tertiary/aromatic N) is 2. The molecule has 1 amide bonds. The molecule has 0 radical (unpaired) electrons. The molecule has 3 rings (SSSR count). The monoisotopic (exact) mass is 368 g/mol. The van der Waals surface area contributed by atoms with Crippen molar-refractivity contribution in [2.75, 3.05) is 32.7 Å². The fourth-order valence-electron chi connectivity index (χ4n) is 3.43. The zero-order valence-corrected chi connectivity index (χ0v) is 15.0. The number of furan rings is 1. The number of amides is 1. The summed E-state index contributed by atoms with van der Waals surface area (Å²) in [7, 11) is 0. The lowest BCUT2D eigenvalue weighted by Gasteiger charge is -2.22. The van der Waals surface area contributed by atoms with Gasteiger partial charge in [-0.15, -0.1) is 0 Å². The van der Waals surface area contributed by atoms with Gasteiger partial charge in [-0.05, 0) is 31.4 Å². The van der Waals surface area contributed by atoms with Gasteiger partial charge in [0.05, 0.1) is 19.2 Å². The number of rotatable bonds is 3. The third-order valence-corrected chi connectivity index (χ3v) is 5.03. The van der Waals surface area contributed by atoms with Crippen molar-refractivity contribution in [2.24, 2.45) is 0 Å². The standard InChI is InChI=1S/C19H23F3N2O2/c1-13-4-5-16-15(11-26-18(16)14(13)2)10-17(25)24-7-3-6-23(8-9-24)12-19(20,21)22/h4-5,11H,3,6-10,12H2,1-2H3. The number of halogens is 3. The van der Waals surface area contributed by atoms with Crippen LogP contribution in [0.15, 0.2) is 22.8 Å². The Balaban J connectivity index is 1.66. The van der Waals surface area contributed by atoms with E-state index in [1.165, 1.54) is 4.90 Å². The lowest BCUT2D eigenvalue weighted by molar-refractivity contribution is -0.145. The fraction of sp³-hybridized carbons (Fsp3) is 0.526. The van der Waals surface area contributed by atoms with Crippen LogP contribution in [-0.2, 0) is 11.2 Å². The van der Waals surface area contributed by atoms with E-state index in [0.29, 0.717) is 26.1 Å². The highest BCUT2D eigenvalue weighted by Gasteiger charge is 2.32. The van der Waals surface area contributed by atoms with Crippen molar-refractivity contribution in [3.8, 4) is 0 Å². The zero-order valence-electron chi connectivity index (χ0n) is 15.0. The highest BCUT2D eigenvalue weighted by atomic mass is 19.4. The maximum atomic E-state index is 12.6. The first-order valence-electron chi connectivity index (χ1n) is 8.78. The van der Waals surface area contributed by atoms with Gasteiger partial charge in [0.15, 0.2) is 0 Å². The lowest BCUT2D eigenvalue weighted by Crippen LogP contribution is -2.39. The van der Waals surface area contributed by atoms with E-state index in [2.05, 4.69) is 0 Å². The summed E-state index contributed by atoms with van der Waals surface area (Å²) in [5.74, 6) is -0.0696. The summed E-state index contributed by atoms with van der Waals surface area (Å²) in [5.41, 5.74) is 3.80. The molecule has 1 aliphatic heterocycles. The Morgan fingerprint density at radius 3 is 2.65 bits per heavy atom. The molecule has 1 saturated heterocycles. The summed E-state index contributed by atoms with van der Waals surface area (Å²) in [5, 5.41) is 0.926. The molecule has 0 aliphatic carbocycles. The van der Waals surface area contributed by atoms with Gasteiger partial charge in [-0.25, -0.2) is 0 Å². The predicted molar refractivity (Wildman–Crippen MR) is 93.1 cm³/mol. The van der Waals surface area contributed by atoms with Crippen molar-refractivity contribution >= 4 is 16.9 Å². The first kappa shape index (κ1) is 18.8. The van der Waals surface area contributed by atoms with E-state index in [0.717, 1.165) is 27.7 Å². The van der Waals surface area contributed by atoms with Gasteiger partial charge >= 0.3 is 6.18 Å². The SMILES string of the molecule is Cc1ccc2c(CC(=O)N3CCCN(CC(F)(F)F)CC3)coc2c1C. The Labute approximate surface area is 150 Å². The average molecular weight is 368 g/mol. The van der Waals surface area contributed by atoms with Crippen LogP contribution in [0.2, 0.25) is 0 Å². The van der Waals surface area contributed by atoms with Crippen LogP contribution in [0, 0.1) is 13.8 Å². The first-order chi connectivity index (χ1) is 12.2. The third-order valence-electron chi connectivity index (χ3n) is 5.03. The molecular formula is C19H23F3N2O2. The second kappa shape index (κ2) is 7.31. The summed E-state index contributed by atoms with van der Waals surface area (Å²) in [6, 6.07) is 3.96. The van der Waals surface area contributed by atoms with Crippen LogP contribution in [0.5, 0.6) is 0 Å². The van der Waals surface area contributed by atoms with Crippen LogP contribution in [-0.4, -0.2) is 54.6 Å². The largest absolute Gasteiger partial charge is 0.464 e. The molecule has 0 bridgehead atoms. The Kier molecular flexibility index (Phi) is 5.27. The van der Waals surface area contributed by atoms with Gasteiger partial charge in [-0.1, -0.05) is 12.1 Å². The van der Waals surface area contributed by atoms with E-state index in [-0.39, 0.29) is 18.9 Å². The minimum absolute atomic E-state index is 0.0696. The van der Waals surface area contributed by atoms with Crippen LogP contribution in [0.1, 0.15) is 23.1 Å². The van der Waals surface area contributed by atoms with Crippen molar-refractivity contribution in [1.82, 2.24) is 9.80 Å². The smallest absolute Gasteiger partial charge is 0.401 e. The van der Waals surface area contributed by atoms with E-state index >= 15 is 0 Å². The minimum atomic E-state index is -4.20. The Bertz CT molecular complexity index is 798. The van der Waals surface area contributed by atoms with Crippen molar-refractivity contribution in [1.29, 1.82) is 0 Å². The number of alkyl halides is 3. The summed E-state index contributed by atoms with van der Waals surface area (Å²) in [6.45, 7) is 4.49. The second-order valence-corrected chi connectivity index (χ2v) is 6.95. The van der Waals surface area contributed by atoms with Gasteiger partial charge in [-0.3, -0.25) is 9.69 Å². The molecule has 0 N–H and O–H groups in total. The Morgan fingerprint density at radius 1 is 1.15 bits per heavy atom. The summed E-state index contributed by atoms with van der Waals surface area (Å²) >= 11 is 0. The molecular weight excluding hydrogens is 345 g/mol. The van der Waals surface area contributed by atoms with Gasteiger partial charge in [0, 0.05) is 37.1 Å². The number of hydrogen-bond donors (Lipinski definition) is 0. The van der Waals surface area contributed by atoms with Crippen LogP contribution in [0.4, 0.5) is 13.2 Å². The van der Waals surface area contributed by atoms with Gasteiger partial charge in [0.25, 0.3) is 0 Å². The minimum Gasteiger partial charge on any atom is -0.464 e. The first-order valence-corrected chi connectivity index (χ1v) is 8.78. The molecule has 0 atom stereocenters. The fourth-order valence-corrected chi connectivity index (χ4v) is 3.43. The number of carbonyl (C=O) groups is 1. The van der Waals surface area contributed by atoms with Crippen molar-refractivity contribution < 1.29 is 22.4 Å². The summed E-state index contributed by atoms with van der Waals surface area (Å²) < 4.78 is 43.3. The quantitative estimate of drug-likeness (QED) is 0.829. The van der Waals surface area contributed by atoms with Crippen molar-refractivity contribution in [3.05, 3.63) is 35.1 Å². The van der Waals surface area contributed by atoms with Gasteiger partial charge in [0.2, 0.25) is 5.91 Å². The molecule has 142 valence electrons. The maximum absolute atomic E-state index is 12.6. The highest BCUT2D eigenvalue weighted by Crippen LogP contribution is 2.27. The molecule has 0 saturated carbocycles. The highest BCUT2D eigenvalue weighted by molar-refractivity contribution is 5.89. The molecule has 2 aromatic rings. The molecule has 1 aromatic heterocycles. The number of hydrogen-bond acceptors (Lipinski definition) is 3. The maximum Gasteiger partial charge on any atom is 0.401 e. The molecule has 0 unspecified atom stereocenters. The van der Waals surface area contributed by atoms with Crippen LogP contribution >= 0.6 is 0 Å². The molecule has 7 heteroatoms. The molecule has 26 heavy (non-hydrogen) atoms. The molecule has 1 fully saturated rings. The number of fused-ring (bicyclic) bond motifs is 1. The molecule has 1 aromatic carbocycles. The molecule has 0 spiro atoms.